The number of H-pyrrole nitrogens is 1. The first kappa shape index (κ1) is 16.9. The first-order valence-corrected chi connectivity index (χ1v) is 6.79. The Morgan fingerprint density at radius 2 is 1.81 bits per heavy atom. The fourth-order valence-electron chi connectivity index (χ4n) is 2.36. The van der Waals surface area contributed by atoms with Gasteiger partial charge in [0.05, 0.1) is 0 Å². The summed E-state index contributed by atoms with van der Waals surface area (Å²) in [5.41, 5.74) is 1.52. The Morgan fingerprint density at radius 1 is 1.24 bits per heavy atom. The van der Waals surface area contributed by atoms with Crippen LogP contribution in [0.3, 0.4) is 0 Å². The molecule has 1 aromatic heterocycles. The second-order valence-corrected chi connectivity index (χ2v) is 5.91. The van der Waals surface area contributed by atoms with Crippen molar-refractivity contribution < 1.29 is 19.5 Å². The minimum absolute atomic E-state index is 0.0191. The van der Waals surface area contributed by atoms with Crippen molar-refractivity contribution in [2.24, 2.45) is 0 Å². The molecule has 0 atom stereocenters. The third-order valence-corrected chi connectivity index (χ3v) is 3.43. The molecule has 0 saturated heterocycles. The van der Waals surface area contributed by atoms with Crippen LogP contribution in [-0.4, -0.2) is 33.3 Å². The molecule has 0 bridgehead atoms. The molecule has 0 spiro atoms. The summed E-state index contributed by atoms with van der Waals surface area (Å²) >= 11 is 0. The molecule has 1 rings (SSSR count). The molecule has 6 nitrogen and oxygen atoms in total. The van der Waals surface area contributed by atoms with Gasteiger partial charge in [0, 0.05) is 23.2 Å². The molecule has 6 heteroatoms. The molecule has 0 fully saturated rings. The van der Waals surface area contributed by atoms with Gasteiger partial charge in [-0.05, 0) is 46.6 Å². The third kappa shape index (κ3) is 4.18. The zero-order chi connectivity index (χ0) is 16.4. The molecule has 116 valence electrons. The summed E-state index contributed by atoms with van der Waals surface area (Å²) in [5.74, 6) is -1.33. The molecule has 0 saturated carbocycles. The standard InChI is InChI=1S/C15H22N2O4/c1-8-12(10(3)18)9(2)16-13(8)14(21)17-15(4,5)7-6-11(19)20/h16H,6-7H2,1-5H3,(H,17,21)(H,19,20). The summed E-state index contributed by atoms with van der Waals surface area (Å²) in [4.78, 5) is 37.4. The van der Waals surface area contributed by atoms with Gasteiger partial charge in [-0.3, -0.25) is 14.4 Å². The molecular weight excluding hydrogens is 272 g/mol. The highest BCUT2D eigenvalue weighted by Gasteiger charge is 2.25. The molecule has 3 N–H and O–H groups in total. The van der Waals surface area contributed by atoms with E-state index in [1.807, 2.05) is 0 Å². The van der Waals surface area contributed by atoms with Crippen molar-refractivity contribution in [1.82, 2.24) is 10.3 Å². The highest BCUT2D eigenvalue weighted by Crippen LogP contribution is 2.20. The number of hydrogen-bond acceptors (Lipinski definition) is 3. The number of rotatable bonds is 6. The van der Waals surface area contributed by atoms with E-state index < -0.39 is 11.5 Å². The molecule has 0 aliphatic rings. The van der Waals surface area contributed by atoms with Crippen LogP contribution in [0.5, 0.6) is 0 Å². The number of hydrogen-bond donors (Lipinski definition) is 3. The summed E-state index contributed by atoms with van der Waals surface area (Å²) < 4.78 is 0. The number of ketones is 1. The molecular formula is C15H22N2O4. The maximum absolute atomic E-state index is 12.3. The summed E-state index contributed by atoms with van der Waals surface area (Å²) in [6.45, 7) is 8.47. The summed E-state index contributed by atoms with van der Waals surface area (Å²) in [6, 6.07) is 0. The summed E-state index contributed by atoms with van der Waals surface area (Å²) in [6.07, 6.45) is 0.307. The smallest absolute Gasteiger partial charge is 0.303 e. The van der Waals surface area contributed by atoms with Crippen LogP contribution < -0.4 is 5.32 Å². The first-order chi connectivity index (χ1) is 9.55. The number of amides is 1. The van der Waals surface area contributed by atoms with Crippen LogP contribution in [0.15, 0.2) is 0 Å². The minimum atomic E-state index is -0.900. The van der Waals surface area contributed by atoms with Crippen molar-refractivity contribution in [2.75, 3.05) is 0 Å². The second kappa shape index (κ2) is 6.11. The number of aromatic nitrogens is 1. The topological polar surface area (TPSA) is 99.3 Å². The second-order valence-electron chi connectivity index (χ2n) is 5.91. The van der Waals surface area contributed by atoms with Gasteiger partial charge in [0.2, 0.25) is 0 Å². The number of carboxylic acids is 1. The van der Waals surface area contributed by atoms with E-state index in [0.29, 0.717) is 28.9 Å². The summed E-state index contributed by atoms with van der Waals surface area (Å²) in [7, 11) is 0. The van der Waals surface area contributed by atoms with E-state index in [9.17, 15) is 14.4 Å². The number of aromatic amines is 1. The lowest BCUT2D eigenvalue weighted by Gasteiger charge is -2.25. The Kier molecular flexibility index (Phi) is 4.93. The van der Waals surface area contributed by atoms with Gasteiger partial charge in [0.15, 0.2) is 5.78 Å². The van der Waals surface area contributed by atoms with Crippen molar-refractivity contribution >= 4 is 17.7 Å². The molecule has 21 heavy (non-hydrogen) atoms. The normalized spacial score (nSPS) is 11.3. The minimum Gasteiger partial charge on any atom is -0.481 e. The van der Waals surface area contributed by atoms with Crippen LogP contribution in [0, 0.1) is 13.8 Å². The molecule has 1 aromatic rings. The van der Waals surface area contributed by atoms with Crippen LogP contribution in [0.25, 0.3) is 0 Å². The highest BCUT2D eigenvalue weighted by molar-refractivity contribution is 6.02. The number of aliphatic carboxylic acids is 1. The van der Waals surface area contributed by atoms with Crippen LogP contribution in [0.2, 0.25) is 0 Å². The zero-order valence-electron chi connectivity index (χ0n) is 13.1. The van der Waals surface area contributed by atoms with Gasteiger partial charge in [0.1, 0.15) is 5.69 Å². The van der Waals surface area contributed by atoms with E-state index in [-0.39, 0.29) is 18.1 Å². The predicted molar refractivity (Wildman–Crippen MR) is 78.7 cm³/mol. The lowest BCUT2D eigenvalue weighted by Crippen LogP contribution is -2.44. The van der Waals surface area contributed by atoms with Gasteiger partial charge >= 0.3 is 5.97 Å². The van der Waals surface area contributed by atoms with Crippen molar-refractivity contribution in [3.63, 3.8) is 0 Å². The van der Waals surface area contributed by atoms with Gasteiger partial charge in [-0.1, -0.05) is 0 Å². The monoisotopic (exact) mass is 294 g/mol. The number of carboxylic acid groups (broad SMARTS) is 1. The van der Waals surface area contributed by atoms with Crippen LogP contribution >= 0.6 is 0 Å². The van der Waals surface area contributed by atoms with Gasteiger partial charge in [-0.2, -0.15) is 0 Å². The zero-order valence-corrected chi connectivity index (χ0v) is 13.1. The quantitative estimate of drug-likeness (QED) is 0.700. The summed E-state index contributed by atoms with van der Waals surface area (Å²) in [5, 5.41) is 11.5. The molecule has 0 aliphatic carbocycles. The Hall–Kier alpha value is -2.11. The third-order valence-electron chi connectivity index (χ3n) is 3.43. The Bertz CT molecular complexity index is 585. The maximum Gasteiger partial charge on any atom is 0.303 e. The average molecular weight is 294 g/mol. The molecule has 1 heterocycles. The van der Waals surface area contributed by atoms with Crippen molar-refractivity contribution in [2.45, 2.75) is 53.0 Å². The van der Waals surface area contributed by atoms with Gasteiger partial charge in [-0.25, -0.2) is 0 Å². The van der Waals surface area contributed by atoms with E-state index in [2.05, 4.69) is 10.3 Å². The number of aryl methyl sites for hydroxylation is 1. The maximum atomic E-state index is 12.3. The largest absolute Gasteiger partial charge is 0.481 e. The van der Waals surface area contributed by atoms with Gasteiger partial charge < -0.3 is 15.4 Å². The predicted octanol–water partition coefficient (Wildman–Crippen LogP) is 2.21. The van der Waals surface area contributed by atoms with E-state index in [1.54, 1.807) is 27.7 Å². The fourth-order valence-corrected chi connectivity index (χ4v) is 2.36. The first-order valence-electron chi connectivity index (χ1n) is 6.79. The number of carbonyl (C=O) groups excluding carboxylic acids is 2. The van der Waals surface area contributed by atoms with Crippen molar-refractivity contribution in [3.05, 3.63) is 22.5 Å². The molecule has 0 radical (unpaired) electrons. The molecule has 0 unspecified atom stereocenters. The Morgan fingerprint density at radius 3 is 2.24 bits per heavy atom. The number of nitrogens with one attached hydrogen (secondary N) is 2. The van der Waals surface area contributed by atoms with Crippen LogP contribution in [0.4, 0.5) is 0 Å². The SMILES string of the molecule is CC(=O)c1c(C)[nH]c(C(=O)NC(C)(C)CCC(=O)O)c1C. The number of Topliss-reactive ketones (excluding diaryl/α,β-unsaturated/α-hetero) is 1. The van der Waals surface area contributed by atoms with Gasteiger partial charge in [-0.15, -0.1) is 0 Å². The molecule has 0 aliphatic heterocycles. The fraction of sp³-hybridized carbons (Fsp3) is 0.533. The highest BCUT2D eigenvalue weighted by atomic mass is 16.4. The Balaban J connectivity index is 2.92. The van der Waals surface area contributed by atoms with Gasteiger partial charge in [0.25, 0.3) is 5.91 Å². The van der Waals surface area contributed by atoms with E-state index >= 15 is 0 Å². The van der Waals surface area contributed by atoms with E-state index in [1.165, 1.54) is 6.92 Å². The number of carbonyl (C=O) groups is 3. The van der Waals surface area contributed by atoms with E-state index in [4.69, 9.17) is 5.11 Å². The lowest BCUT2D eigenvalue weighted by molar-refractivity contribution is -0.137. The van der Waals surface area contributed by atoms with Crippen LogP contribution in [0.1, 0.15) is 65.7 Å². The lowest BCUT2D eigenvalue weighted by atomic mass is 9.98. The molecule has 1 amide bonds. The van der Waals surface area contributed by atoms with Crippen molar-refractivity contribution in [1.29, 1.82) is 0 Å². The average Bonchev–Trinajstić information content (AvgIpc) is 2.62. The van der Waals surface area contributed by atoms with Crippen molar-refractivity contribution in [3.8, 4) is 0 Å². The molecule has 0 aromatic carbocycles. The van der Waals surface area contributed by atoms with Crippen LogP contribution in [-0.2, 0) is 4.79 Å². The van der Waals surface area contributed by atoms with E-state index in [0.717, 1.165) is 0 Å². The Labute approximate surface area is 123 Å².